The zero-order valence-corrected chi connectivity index (χ0v) is 21.5. The molecule has 1 atom stereocenters. The van der Waals surface area contributed by atoms with Crippen molar-refractivity contribution in [3.63, 3.8) is 0 Å². The van der Waals surface area contributed by atoms with Gasteiger partial charge in [0.05, 0.1) is 17.3 Å². The Bertz CT molecular complexity index is 669. The smallest absolute Gasteiger partial charge is 0.141 e. The van der Waals surface area contributed by atoms with Gasteiger partial charge in [0.2, 0.25) is 0 Å². The minimum absolute atomic E-state index is 0. The Morgan fingerprint density at radius 2 is 1.93 bits per heavy atom. The summed E-state index contributed by atoms with van der Waals surface area (Å²) < 4.78 is 18.1. The summed E-state index contributed by atoms with van der Waals surface area (Å²) in [5.74, 6) is -0.138. The third-order valence-corrected chi connectivity index (χ3v) is 3.64. The number of rotatable bonds is 6. The maximum absolute atomic E-state index is 13.1. The van der Waals surface area contributed by atoms with E-state index in [2.05, 4.69) is 36.1 Å². The van der Waals surface area contributed by atoms with Gasteiger partial charge in [0.25, 0.3) is 0 Å². The molecule has 0 fully saturated rings. The molecule has 28 heavy (non-hydrogen) atoms. The van der Waals surface area contributed by atoms with Crippen LogP contribution in [0.1, 0.15) is 63.5 Å². The predicted molar refractivity (Wildman–Crippen MR) is 110 cm³/mol. The Morgan fingerprint density at radius 1 is 1.32 bits per heavy atom. The van der Waals surface area contributed by atoms with Crippen LogP contribution in [-0.4, -0.2) is 34.8 Å². The summed E-state index contributed by atoms with van der Waals surface area (Å²) in [6.07, 6.45) is -0.984. The summed E-state index contributed by atoms with van der Waals surface area (Å²) in [5.41, 5.74) is 2.03. The third kappa shape index (κ3) is 10.4. The number of ether oxygens (including phenoxy) is 1. The van der Waals surface area contributed by atoms with E-state index in [0.29, 0.717) is 24.0 Å². The van der Waals surface area contributed by atoms with Gasteiger partial charge in [-0.25, -0.2) is 9.37 Å². The van der Waals surface area contributed by atoms with Gasteiger partial charge in [-0.05, 0) is 24.6 Å². The monoisotopic (exact) mass is 489 g/mol. The van der Waals surface area contributed by atoms with Crippen LogP contribution in [0, 0.1) is 12.7 Å². The molecule has 2 N–H and O–H groups in total. The Balaban J connectivity index is 0. The average molecular weight is 490 g/mol. The van der Waals surface area contributed by atoms with Crippen LogP contribution in [0.2, 0.25) is 5.02 Å². The predicted octanol–water partition coefficient (Wildman–Crippen LogP) is 5.55. The van der Waals surface area contributed by atoms with Crippen LogP contribution in [0.3, 0.4) is 0 Å². The van der Waals surface area contributed by atoms with Crippen LogP contribution in [0.5, 0.6) is 0 Å². The first-order valence-corrected chi connectivity index (χ1v) is 9.51. The summed E-state index contributed by atoms with van der Waals surface area (Å²) in [5, 5.41) is 14.3. The maximum Gasteiger partial charge on any atom is 0.141 e. The number of benzene rings is 1. The normalized spacial score (nSPS) is 11.0. The van der Waals surface area contributed by atoms with E-state index >= 15 is 0 Å². The molecule has 0 aliphatic rings. The SMILES string of the molecule is CC.CC[N-]C(C)C.COCc1nc(C(O)c2ccc(F)c(Cl)c2)[nH]c1C.[Y]. The van der Waals surface area contributed by atoms with Crippen molar-refractivity contribution in [1.29, 1.82) is 0 Å². The second-order valence-corrected chi connectivity index (χ2v) is 6.20. The van der Waals surface area contributed by atoms with E-state index in [1.165, 1.54) is 18.2 Å². The molecule has 157 valence electrons. The van der Waals surface area contributed by atoms with Gasteiger partial charge in [0.15, 0.2) is 0 Å². The minimum Gasteiger partial charge on any atom is -0.660 e. The fourth-order valence-corrected chi connectivity index (χ4v) is 2.32. The Labute approximate surface area is 198 Å². The molecule has 0 aliphatic heterocycles. The van der Waals surface area contributed by atoms with Crippen molar-refractivity contribution in [3.8, 4) is 0 Å². The van der Waals surface area contributed by atoms with Crippen LogP contribution in [0.15, 0.2) is 18.2 Å². The molecule has 1 aromatic carbocycles. The number of imidazole rings is 1. The maximum atomic E-state index is 13.1. The van der Waals surface area contributed by atoms with Crippen LogP contribution >= 0.6 is 11.6 Å². The molecule has 1 radical (unpaired) electrons. The van der Waals surface area contributed by atoms with E-state index in [1.807, 2.05) is 20.8 Å². The molecule has 0 amide bonds. The van der Waals surface area contributed by atoms with E-state index in [0.717, 1.165) is 17.9 Å². The number of hydrogen-bond donors (Lipinski definition) is 2. The van der Waals surface area contributed by atoms with E-state index in [-0.39, 0.29) is 37.7 Å². The number of aryl methyl sites for hydroxylation is 1. The van der Waals surface area contributed by atoms with Gasteiger partial charge in [0.1, 0.15) is 17.7 Å². The molecule has 1 aromatic heterocycles. The third-order valence-electron chi connectivity index (χ3n) is 3.35. The van der Waals surface area contributed by atoms with Crippen molar-refractivity contribution < 1.29 is 46.9 Å². The Hall–Kier alpha value is -0.366. The summed E-state index contributed by atoms with van der Waals surface area (Å²) in [6, 6.07) is 4.59. The fourth-order valence-electron chi connectivity index (χ4n) is 2.13. The van der Waals surface area contributed by atoms with Crippen molar-refractivity contribution >= 4 is 11.6 Å². The first kappa shape index (κ1) is 29.8. The van der Waals surface area contributed by atoms with Crippen LogP contribution < -0.4 is 0 Å². The number of hydrogen-bond acceptors (Lipinski definition) is 3. The Morgan fingerprint density at radius 3 is 2.36 bits per heavy atom. The number of aliphatic hydroxyl groups excluding tert-OH is 1. The van der Waals surface area contributed by atoms with Gasteiger partial charge in [-0.3, -0.25) is 0 Å². The van der Waals surface area contributed by atoms with E-state index in [1.54, 1.807) is 7.11 Å². The van der Waals surface area contributed by atoms with Crippen molar-refractivity contribution in [3.05, 3.63) is 57.1 Å². The largest absolute Gasteiger partial charge is 0.660 e. The number of nitrogens with one attached hydrogen (secondary N) is 1. The van der Waals surface area contributed by atoms with Gasteiger partial charge in [-0.15, -0.1) is 6.04 Å². The van der Waals surface area contributed by atoms with Gasteiger partial charge in [0, 0.05) is 45.5 Å². The van der Waals surface area contributed by atoms with E-state index < -0.39 is 11.9 Å². The fraction of sp³-hybridized carbons (Fsp3) is 0.550. The second-order valence-electron chi connectivity index (χ2n) is 5.80. The number of aromatic amines is 1. The van der Waals surface area contributed by atoms with Crippen molar-refractivity contribution in [2.24, 2.45) is 0 Å². The molecule has 8 heteroatoms. The molecule has 0 bridgehead atoms. The minimum atomic E-state index is -0.984. The van der Waals surface area contributed by atoms with Gasteiger partial charge in [-0.1, -0.05) is 52.3 Å². The van der Waals surface area contributed by atoms with Crippen LogP contribution in [0.25, 0.3) is 5.32 Å². The average Bonchev–Trinajstić information content (AvgIpc) is 3.00. The zero-order chi connectivity index (χ0) is 21.0. The molecule has 2 aromatic rings. The molecule has 1 heterocycles. The van der Waals surface area contributed by atoms with Crippen LogP contribution in [-0.2, 0) is 44.1 Å². The topological polar surface area (TPSA) is 72.2 Å². The van der Waals surface area contributed by atoms with Gasteiger partial charge in [-0.2, -0.15) is 6.54 Å². The number of aliphatic hydroxyl groups is 1. The number of methoxy groups -OCH3 is 1. The number of halogens is 2. The van der Waals surface area contributed by atoms with Crippen molar-refractivity contribution in [1.82, 2.24) is 9.97 Å². The van der Waals surface area contributed by atoms with Crippen molar-refractivity contribution in [2.45, 2.75) is 60.3 Å². The molecular formula is C20H32ClFN3O2Y-. The van der Waals surface area contributed by atoms with E-state index in [4.69, 9.17) is 16.3 Å². The first-order valence-electron chi connectivity index (χ1n) is 9.14. The van der Waals surface area contributed by atoms with Crippen LogP contribution in [0.4, 0.5) is 4.39 Å². The quantitative estimate of drug-likeness (QED) is 0.559. The first-order chi connectivity index (χ1) is 12.8. The molecule has 0 spiro atoms. The molecule has 0 saturated heterocycles. The standard InChI is InChI=1S/C13H14ClFN2O2.C5H12N.C2H6.Y/c1-7-11(6-19-2)17-13(16-7)12(18)8-3-4-10(15)9(14)5-8;1-4-6-5(2)3;1-2;/h3-5,12,18H,6H2,1-2H3,(H,16,17);5H,4H2,1-3H3;1-2H3;/q;-1;;. The van der Waals surface area contributed by atoms with E-state index in [9.17, 15) is 9.50 Å². The number of H-pyrrole nitrogens is 1. The molecule has 0 saturated carbocycles. The summed E-state index contributed by atoms with van der Waals surface area (Å²) in [4.78, 5) is 7.24. The second kappa shape index (κ2) is 16.4. The number of aromatic nitrogens is 2. The summed E-state index contributed by atoms with van der Waals surface area (Å²) in [6.45, 7) is 13.4. The summed E-state index contributed by atoms with van der Waals surface area (Å²) in [7, 11) is 1.57. The zero-order valence-electron chi connectivity index (χ0n) is 17.9. The van der Waals surface area contributed by atoms with Crippen molar-refractivity contribution in [2.75, 3.05) is 13.7 Å². The van der Waals surface area contributed by atoms with Gasteiger partial charge < -0.3 is 20.1 Å². The molecule has 2 rings (SSSR count). The van der Waals surface area contributed by atoms with Gasteiger partial charge >= 0.3 is 0 Å². The molecule has 1 unspecified atom stereocenters. The molecule has 5 nitrogen and oxygen atoms in total. The summed E-state index contributed by atoms with van der Waals surface area (Å²) >= 11 is 5.69. The molecule has 0 aliphatic carbocycles. The Kier molecular flexibility index (Phi) is 17.5. The number of nitrogens with zero attached hydrogens (tertiary/aromatic N) is 2. The molecular weight excluding hydrogens is 458 g/mol.